The van der Waals surface area contributed by atoms with E-state index in [4.69, 9.17) is 22.9 Å². The van der Waals surface area contributed by atoms with Gasteiger partial charge in [-0.2, -0.15) is 0 Å². The molecule has 8 atom stereocenters. The number of carboxylic acid groups (broad SMARTS) is 1. The molecule has 0 fully saturated rings. The topological polar surface area (TPSA) is 375 Å². The van der Waals surface area contributed by atoms with Gasteiger partial charge in [0.15, 0.2) is 5.96 Å². The summed E-state index contributed by atoms with van der Waals surface area (Å²) in [6, 6.07) is -1.17. The average molecular weight is 917 g/mol. The zero-order chi connectivity index (χ0) is 49.6. The van der Waals surface area contributed by atoms with Crippen LogP contribution < -0.4 is 60.2 Å². The zero-order valence-corrected chi connectivity index (χ0v) is 38.8. The molecule has 1 aromatic carbocycles. The Bertz CT molecular complexity index is 1800. The van der Waals surface area contributed by atoms with E-state index in [1.165, 1.54) is 13.8 Å². The highest BCUT2D eigenvalue weighted by Crippen LogP contribution is 2.12. The standard InChI is InChI=1S/C43H72N12O10/c1-22(2)19-30(53-41(63)34(24(5)6)55-38(60)28(50-35(57)25(7)44)15-12-18-48-43(46)47)39(61)52-31(21-27-13-10-9-11-14-27)40(62)51-29(16-17-33(45)56)37(59)49-26(8)36(58)54-32(42(64)65)20-23(3)4/h9-11,13-14,22-26,28-32,34H,12,15-21,44H2,1-8H3,(H2,45,56)(H,49,59)(H,50,57)(H,51,62)(H,52,61)(H,53,63)(H,54,58)(H,55,60)(H,64,65)(H4,46,47,48)/t25-,26-,28-,29-,30-,31-,32-,34-/m0/s1. The van der Waals surface area contributed by atoms with Gasteiger partial charge in [-0.15, -0.1) is 0 Å². The molecular weight excluding hydrogens is 845 g/mol. The van der Waals surface area contributed by atoms with Gasteiger partial charge in [-0.25, -0.2) is 4.79 Å². The van der Waals surface area contributed by atoms with E-state index in [-0.39, 0.29) is 62.9 Å². The van der Waals surface area contributed by atoms with Crippen LogP contribution in [0.15, 0.2) is 35.3 Å². The largest absolute Gasteiger partial charge is 0.480 e. The Morgan fingerprint density at radius 3 is 1.57 bits per heavy atom. The minimum atomic E-state index is -1.44. The van der Waals surface area contributed by atoms with Crippen molar-refractivity contribution in [3.05, 3.63) is 35.9 Å². The van der Waals surface area contributed by atoms with E-state index < -0.39 is 107 Å². The molecule has 1 rings (SSSR count). The number of nitrogens with zero attached hydrogens (tertiary/aromatic N) is 1. The molecule has 16 N–H and O–H groups in total. The van der Waals surface area contributed by atoms with Crippen molar-refractivity contribution in [3.63, 3.8) is 0 Å². The van der Waals surface area contributed by atoms with Gasteiger partial charge in [0, 0.05) is 19.4 Å². The predicted molar refractivity (Wildman–Crippen MR) is 243 cm³/mol. The predicted octanol–water partition coefficient (Wildman–Crippen LogP) is -1.86. The van der Waals surface area contributed by atoms with E-state index in [1.807, 2.05) is 13.8 Å². The number of primary amides is 1. The lowest BCUT2D eigenvalue weighted by Crippen LogP contribution is -2.61. The summed E-state index contributed by atoms with van der Waals surface area (Å²) < 4.78 is 0. The number of aliphatic carboxylic acids is 1. The first kappa shape index (κ1) is 56.7. The number of carbonyl (C=O) groups excluding carboxylic acids is 8. The summed E-state index contributed by atoms with van der Waals surface area (Å²) in [4.78, 5) is 122. The summed E-state index contributed by atoms with van der Waals surface area (Å²) in [5.74, 6) is -8.27. The minimum absolute atomic E-state index is 0.0683. The molecule has 0 heterocycles. The van der Waals surface area contributed by atoms with Crippen molar-refractivity contribution < 1.29 is 48.3 Å². The Labute approximate surface area is 380 Å². The summed E-state index contributed by atoms with van der Waals surface area (Å²) in [5.41, 5.74) is 22.5. The molecular formula is C43H72N12O10. The first-order valence-corrected chi connectivity index (χ1v) is 21.8. The molecule has 0 aliphatic rings. The van der Waals surface area contributed by atoms with Crippen LogP contribution in [-0.4, -0.2) is 119 Å². The number of nitrogens with two attached hydrogens (primary N) is 4. The van der Waals surface area contributed by atoms with Gasteiger partial charge >= 0.3 is 5.97 Å². The summed E-state index contributed by atoms with van der Waals surface area (Å²) in [7, 11) is 0. The molecule has 0 saturated carbocycles. The minimum Gasteiger partial charge on any atom is -0.480 e. The molecule has 22 nitrogen and oxygen atoms in total. The Kier molecular flexibility index (Phi) is 24.8. The van der Waals surface area contributed by atoms with Crippen molar-refractivity contribution in [2.45, 2.75) is 149 Å². The molecule has 8 amide bonds. The van der Waals surface area contributed by atoms with Gasteiger partial charge in [-0.3, -0.25) is 43.3 Å². The molecule has 364 valence electrons. The molecule has 22 heteroatoms. The number of rotatable bonds is 29. The molecule has 0 unspecified atom stereocenters. The molecule has 1 aromatic rings. The van der Waals surface area contributed by atoms with Crippen LogP contribution in [0.2, 0.25) is 0 Å². The van der Waals surface area contributed by atoms with Crippen LogP contribution in [0.25, 0.3) is 0 Å². The highest BCUT2D eigenvalue weighted by molar-refractivity contribution is 5.97. The number of carboxylic acids is 1. The maximum absolute atomic E-state index is 14.2. The normalized spacial score (nSPS) is 14.8. The van der Waals surface area contributed by atoms with Gasteiger partial charge in [0.1, 0.15) is 42.3 Å². The summed E-state index contributed by atoms with van der Waals surface area (Å²) >= 11 is 0. The number of aliphatic imine (C=N–C) groups is 1. The third-order valence-corrected chi connectivity index (χ3v) is 9.88. The van der Waals surface area contributed by atoms with Crippen molar-refractivity contribution in [1.29, 1.82) is 0 Å². The lowest BCUT2D eigenvalue weighted by Gasteiger charge is -2.29. The van der Waals surface area contributed by atoms with Gasteiger partial charge in [0.25, 0.3) is 0 Å². The van der Waals surface area contributed by atoms with Gasteiger partial charge in [-0.1, -0.05) is 71.9 Å². The second-order valence-corrected chi connectivity index (χ2v) is 17.3. The van der Waals surface area contributed by atoms with Crippen LogP contribution in [0.1, 0.15) is 99.5 Å². The Morgan fingerprint density at radius 1 is 0.569 bits per heavy atom. The number of guanidine groups is 1. The highest BCUT2D eigenvalue weighted by atomic mass is 16.4. The smallest absolute Gasteiger partial charge is 0.326 e. The van der Waals surface area contributed by atoms with Gasteiger partial charge in [-0.05, 0) is 69.3 Å². The van der Waals surface area contributed by atoms with Crippen molar-refractivity contribution in [3.8, 4) is 0 Å². The molecule has 65 heavy (non-hydrogen) atoms. The third kappa shape index (κ3) is 22.2. The average Bonchev–Trinajstić information content (AvgIpc) is 3.20. The summed E-state index contributed by atoms with van der Waals surface area (Å²) in [5, 5.41) is 27.7. The van der Waals surface area contributed by atoms with E-state index >= 15 is 0 Å². The molecule has 0 radical (unpaired) electrons. The fraction of sp³-hybridized carbons (Fsp3) is 0.628. The summed E-state index contributed by atoms with van der Waals surface area (Å²) in [6.07, 6.45) is -0.111. The first-order valence-electron chi connectivity index (χ1n) is 21.8. The van der Waals surface area contributed by atoms with Crippen LogP contribution in [0.5, 0.6) is 0 Å². The first-order chi connectivity index (χ1) is 30.3. The van der Waals surface area contributed by atoms with Gasteiger partial charge in [0.2, 0.25) is 47.3 Å². The summed E-state index contributed by atoms with van der Waals surface area (Å²) in [6.45, 7) is 13.5. The Hall–Kier alpha value is -6.32. The number of hydrogen-bond donors (Lipinski definition) is 12. The number of benzene rings is 1. The van der Waals surface area contributed by atoms with E-state index in [0.717, 1.165) is 0 Å². The van der Waals surface area contributed by atoms with E-state index in [0.29, 0.717) is 12.0 Å². The fourth-order valence-electron chi connectivity index (χ4n) is 6.36. The van der Waals surface area contributed by atoms with Gasteiger partial charge < -0.3 is 65.3 Å². The van der Waals surface area contributed by atoms with E-state index in [2.05, 4.69) is 42.2 Å². The van der Waals surface area contributed by atoms with Crippen molar-refractivity contribution in [2.75, 3.05) is 6.54 Å². The van der Waals surface area contributed by atoms with Crippen LogP contribution in [-0.2, 0) is 49.6 Å². The highest BCUT2D eigenvalue weighted by Gasteiger charge is 2.35. The van der Waals surface area contributed by atoms with E-state index in [1.54, 1.807) is 58.0 Å². The molecule has 0 aliphatic carbocycles. The Morgan fingerprint density at radius 2 is 1.05 bits per heavy atom. The van der Waals surface area contributed by atoms with Gasteiger partial charge in [0.05, 0.1) is 6.04 Å². The second-order valence-electron chi connectivity index (χ2n) is 17.3. The number of amides is 8. The maximum atomic E-state index is 14.2. The molecule has 0 saturated heterocycles. The van der Waals surface area contributed by atoms with Crippen LogP contribution in [0.3, 0.4) is 0 Å². The maximum Gasteiger partial charge on any atom is 0.326 e. The fourth-order valence-corrected chi connectivity index (χ4v) is 6.36. The number of hydrogen-bond acceptors (Lipinski definition) is 11. The second kappa shape index (κ2) is 28.5. The quantitative estimate of drug-likeness (QED) is 0.0239. The van der Waals surface area contributed by atoms with Crippen LogP contribution in [0.4, 0.5) is 0 Å². The Balaban J connectivity index is 3.43. The van der Waals surface area contributed by atoms with Crippen LogP contribution >= 0.6 is 0 Å². The third-order valence-electron chi connectivity index (χ3n) is 9.88. The molecule has 0 aliphatic heterocycles. The SMILES string of the molecule is CC(C)C[C@H](NC(=O)[C@H](C)NC(=O)[C@H](CCC(N)=O)NC(=O)[C@H](Cc1ccccc1)NC(=O)[C@H](CC(C)C)NC(=O)[C@@H](NC(=O)[C@H](CCCN=C(N)N)NC(=O)[C@H](C)N)C(C)C)C(=O)O. The van der Waals surface area contributed by atoms with Crippen molar-refractivity contribution in [2.24, 2.45) is 45.7 Å². The zero-order valence-electron chi connectivity index (χ0n) is 38.8. The lowest BCUT2D eigenvalue weighted by molar-refractivity contribution is -0.142. The number of carbonyl (C=O) groups is 9. The lowest BCUT2D eigenvalue weighted by atomic mass is 9.98. The van der Waals surface area contributed by atoms with Crippen molar-refractivity contribution >= 4 is 59.2 Å². The molecule has 0 bridgehead atoms. The molecule has 0 aromatic heterocycles. The van der Waals surface area contributed by atoms with Crippen LogP contribution in [0, 0.1) is 17.8 Å². The monoisotopic (exact) mass is 917 g/mol. The van der Waals surface area contributed by atoms with E-state index in [9.17, 15) is 48.3 Å². The number of nitrogens with one attached hydrogen (secondary N) is 7. The molecule has 0 spiro atoms. The van der Waals surface area contributed by atoms with Crippen molar-refractivity contribution in [1.82, 2.24) is 37.2 Å².